The fraction of sp³-hybridized carbons (Fsp3) is 0.833. The van der Waals surface area contributed by atoms with Gasteiger partial charge in [-0.2, -0.15) is 17.6 Å². The number of carboxylic acids is 1. The molecule has 8 heteroatoms. The van der Waals surface area contributed by atoms with Gasteiger partial charge in [0.05, 0.1) is 6.42 Å². The number of halogens is 6. The summed E-state index contributed by atoms with van der Waals surface area (Å²) in [5, 5.41) is 7.92. The van der Waals surface area contributed by atoms with E-state index in [0.29, 0.717) is 0 Å². The molecule has 0 rings (SSSR count). The molecule has 0 bridgehead atoms. The average molecular weight is 224 g/mol. The van der Waals surface area contributed by atoms with Crippen molar-refractivity contribution in [3.05, 3.63) is 0 Å². The largest absolute Gasteiger partial charge is 0.481 e. The van der Waals surface area contributed by atoms with Crippen LogP contribution in [0.2, 0.25) is 0 Å². The molecule has 0 aliphatic carbocycles. The second-order valence-corrected chi connectivity index (χ2v) is 2.52. The van der Waals surface area contributed by atoms with Gasteiger partial charge in [0, 0.05) is 6.42 Å². The van der Waals surface area contributed by atoms with Gasteiger partial charge in [-0.3, -0.25) is 4.79 Å². The highest BCUT2D eigenvalue weighted by atomic mass is 19.3. The molecule has 1 N–H and O–H groups in total. The fourth-order valence-electron chi connectivity index (χ4n) is 0.590. The van der Waals surface area contributed by atoms with Crippen molar-refractivity contribution in [1.29, 1.82) is 0 Å². The van der Waals surface area contributed by atoms with Gasteiger partial charge in [0.15, 0.2) is 0 Å². The van der Waals surface area contributed by atoms with E-state index in [9.17, 15) is 31.1 Å². The minimum Gasteiger partial charge on any atom is -0.481 e. The van der Waals surface area contributed by atoms with Crippen molar-refractivity contribution >= 4 is 5.97 Å². The molecule has 0 aromatic carbocycles. The molecular formula is C6H6F6O2. The van der Waals surface area contributed by atoms with Crippen LogP contribution < -0.4 is 0 Å². The Hall–Kier alpha value is -0.950. The Labute approximate surface area is 74.5 Å². The standard InChI is InChI=1S/C6H6F6O2/c7-4(8)6(11,12)5(9,10)2-1-3(13)14/h4H,1-2H2,(H,13,14). The van der Waals surface area contributed by atoms with E-state index < -0.39 is 37.1 Å². The van der Waals surface area contributed by atoms with Crippen LogP contribution in [0.15, 0.2) is 0 Å². The third kappa shape index (κ3) is 2.78. The third-order valence-corrected chi connectivity index (χ3v) is 1.41. The number of carbonyl (C=O) groups is 1. The second kappa shape index (κ2) is 4.05. The molecule has 0 spiro atoms. The fourth-order valence-corrected chi connectivity index (χ4v) is 0.590. The van der Waals surface area contributed by atoms with Crippen LogP contribution in [0, 0.1) is 0 Å². The van der Waals surface area contributed by atoms with Crippen molar-refractivity contribution in [2.45, 2.75) is 31.1 Å². The summed E-state index contributed by atoms with van der Waals surface area (Å²) in [6, 6.07) is 0. The molecule has 0 radical (unpaired) electrons. The van der Waals surface area contributed by atoms with Crippen LogP contribution in [0.25, 0.3) is 0 Å². The summed E-state index contributed by atoms with van der Waals surface area (Å²) in [6.45, 7) is 0. The highest BCUT2D eigenvalue weighted by Crippen LogP contribution is 2.41. The molecular weight excluding hydrogens is 218 g/mol. The predicted octanol–water partition coefficient (Wildman–Crippen LogP) is 2.39. The van der Waals surface area contributed by atoms with Gasteiger partial charge in [-0.25, -0.2) is 8.78 Å². The minimum absolute atomic E-state index is 1.30. The molecule has 0 fully saturated rings. The molecule has 0 atom stereocenters. The maximum Gasteiger partial charge on any atom is 0.369 e. The van der Waals surface area contributed by atoms with Gasteiger partial charge in [-0.05, 0) is 0 Å². The van der Waals surface area contributed by atoms with Crippen molar-refractivity contribution in [3.63, 3.8) is 0 Å². The average Bonchev–Trinajstić information content (AvgIpc) is 2.00. The molecule has 0 heterocycles. The van der Waals surface area contributed by atoms with Crippen molar-refractivity contribution in [2.24, 2.45) is 0 Å². The first-order valence-corrected chi connectivity index (χ1v) is 3.37. The van der Waals surface area contributed by atoms with Crippen LogP contribution in [0.4, 0.5) is 26.3 Å². The van der Waals surface area contributed by atoms with E-state index in [1.165, 1.54) is 0 Å². The number of hydrogen-bond acceptors (Lipinski definition) is 1. The summed E-state index contributed by atoms with van der Waals surface area (Å²) < 4.78 is 71.7. The van der Waals surface area contributed by atoms with Crippen molar-refractivity contribution in [2.75, 3.05) is 0 Å². The topological polar surface area (TPSA) is 37.3 Å². The Kier molecular flexibility index (Phi) is 3.78. The molecule has 14 heavy (non-hydrogen) atoms. The van der Waals surface area contributed by atoms with Gasteiger partial charge in [0.1, 0.15) is 0 Å². The normalized spacial score (nSPS) is 13.4. The molecule has 0 amide bonds. The van der Waals surface area contributed by atoms with Crippen LogP contribution in [-0.2, 0) is 4.79 Å². The Morgan fingerprint density at radius 3 is 1.93 bits per heavy atom. The van der Waals surface area contributed by atoms with Gasteiger partial charge in [-0.15, -0.1) is 0 Å². The molecule has 84 valence electrons. The molecule has 0 aliphatic rings. The van der Waals surface area contributed by atoms with Crippen LogP contribution >= 0.6 is 0 Å². The molecule has 0 saturated heterocycles. The van der Waals surface area contributed by atoms with Gasteiger partial charge >= 0.3 is 24.2 Å². The summed E-state index contributed by atoms with van der Waals surface area (Å²) in [5.41, 5.74) is 0. The van der Waals surface area contributed by atoms with Crippen LogP contribution in [-0.4, -0.2) is 29.3 Å². The quantitative estimate of drug-likeness (QED) is 0.728. The Morgan fingerprint density at radius 1 is 1.21 bits per heavy atom. The molecule has 0 aliphatic heterocycles. The minimum atomic E-state index is -5.50. The number of rotatable bonds is 5. The van der Waals surface area contributed by atoms with Crippen molar-refractivity contribution in [3.8, 4) is 0 Å². The number of carboxylic acid groups (broad SMARTS) is 1. The van der Waals surface area contributed by atoms with E-state index in [-0.39, 0.29) is 0 Å². The summed E-state index contributed by atoms with van der Waals surface area (Å²) in [4.78, 5) is 9.78. The Bertz CT molecular complexity index is 214. The van der Waals surface area contributed by atoms with Crippen LogP contribution in [0.3, 0.4) is 0 Å². The van der Waals surface area contributed by atoms with E-state index in [0.717, 1.165) is 0 Å². The summed E-state index contributed by atoms with van der Waals surface area (Å²) in [7, 11) is 0. The maximum absolute atomic E-state index is 12.3. The lowest BCUT2D eigenvalue weighted by atomic mass is 10.1. The van der Waals surface area contributed by atoms with Crippen LogP contribution in [0.1, 0.15) is 12.8 Å². The molecule has 2 nitrogen and oxygen atoms in total. The summed E-state index contributed by atoms with van der Waals surface area (Å²) in [5.74, 6) is -12.3. The van der Waals surface area contributed by atoms with Gasteiger partial charge < -0.3 is 5.11 Å². The zero-order chi connectivity index (χ0) is 11.6. The smallest absolute Gasteiger partial charge is 0.369 e. The lowest BCUT2D eigenvalue weighted by Crippen LogP contribution is -2.46. The first-order chi connectivity index (χ1) is 6.11. The van der Waals surface area contributed by atoms with E-state index in [4.69, 9.17) is 5.11 Å². The van der Waals surface area contributed by atoms with E-state index in [1.54, 1.807) is 0 Å². The summed E-state index contributed by atoms with van der Waals surface area (Å²) in [6.07, 6.45) is -7.64. The monoisotopic (exact) mass is 224 g/mol. The highest BCUT2D eigenvalue weighted by Gasteiger charge is 2.62. The lowest BCUT2D eigenvalue weighted by molar-refractivity contribution is -0.266. The zero-order valence-electron chi connectivity index (χ0n) is 6.61. The van der Waals surface area contributed by atoms with Crippen molar-refractivity contribution < 1.29 is 36.2 Å². The Balaban J connectivity index is 4.51. The van der Waals surface area contributed by atoms with Gasteiger partial charge in [-0.1, -0.05) is 0 Å². The lowest BCUT2D eigenvalue weighted by Gasteiger charge is -2.24. The van der Waals surface area contributed by atoms with E-state index in [1.807, 2.05) is 0 Å². The van der Waals surface area contributed by atoms with E-state index >= 15 is 0 Å². The summed E-state index contributed by atoms with van der Waals surface area (Å²) >= 11 is 0. The van der Waals surface area contributed by atoms with E-state index in [2.05, 4.69) is 0 Å². The van der Waals surface area contributed by atoms with Gasteiger partial charge in [0.2, 0.25) is 0 Å². The Morgan fingerprint density at radius 2 is 1.64 bits per heavy atom. The van der Waals surface area contributed by atoms with Crippen LogP contribution in [0.5, 0.6) is 0 Å². The first kappa shape index (κ1) is 13.0. The number of alkyl halides is 6. The first-order valence-electron chi connectivity index (χ1n) is 3.37. The predicted molar refractivity (Wildman–Crippen MR) is 32.8 cm³/mol. The third-order valence-electron chi connectivity index (χ3n) is 1.41. The number of hydrogen-bond donors (Lipinski definition) is 1. The highest BCUT2D eigenvalue weighted by molar-refractivity contribution is 5.66. The maximum atomic E-state index is 12.3. The molecule has 0 unspecified atom stereocenters. The SMILES string of the molecule is O=C(O)CCC(F)(F)C(F)(F)C(F)F. The van der Waals surface area contributed by atoms with Crippen molar-refractivity contribution in [1.82, 2.24) is 0 Å². The molecule has 0 saturated carbocycles. The molecule has 0 aromatic heterocycles. The second-order valence-electron chi connectivity index (χ2n) is 2.52. The molecule has 0 aromatic rings. The van der Waals surface area contributed by atoms with Gasteiger partial charge in [0.25, 0.3) is 0 Å². The zero-order valence-corrected chi connectivity index (χ0v) is 6.61. The number of aliphatic carboxylic acids is 1.